The van der Waals surface area contributed by atoms with Crippen LogP contribution in [-0.2, 0) is 0 Å². The summed E-state index contributed by atoms with van der Waals surface area (Å²) in [4.78, 5) is 25.9. The number of hydrogen-bond acceptors (Lipinski definition) is 5. The van der Waals surface area contributed by atoms with Gasteiger partial charge in [-0.25, -0.2) is 4.98 Å². The Hall–Kier alpha value is -2.38. The fraction of sp³-hybridized carbons (Fsp3) is 0. The van der Waals surface area contributed by atoms with Crippen LogP contribution in [0.5, 0.6) is 0 Å². The number of benzene rings is 1. The van der Waals surface area contributed by atoms with Crippen LogP contribution in [0.1, 0.15) is 10.4 Å². The highest BCUT2D eigenvalue weighted by Crippen LogP contribution is 2.25. The molecule has 1 amide bonds. The molecule has 0 spiro atoms. The van der Waals surface area contributed by atoms with E-state index in [2.05, 4.69) is 10.3 Å². The third kappa shape index (κ3) is 3.59. The monoisotopic (exact) mass is 326 g/mol. The molecule has 0 atom stereocenters. The van der Waals surface area contributed by atoms with Crippen molar-refractivity contribution in [3.05, 3.63) is 56.2 Å². The molecule has 0 aliphatic rings. The van der Waals surface area contributed by atoms with Gasteiger partial charge in [-0.15, -0.1) is 0 Å². The zero-order valence-corrected chi connectivity index (χ0v) is 11.9. The molecule has 2 rings (SSSR count). The zero-order valence-electron chi connectivity index (χ0n) is 10.3. The van der Waals surface area contributed by atoms with E-state index in [9.17, 15) is 14.9 Å². The molecule has 1 heterocycles. The number of nitrogens with one attached hydrogen (secondary N) is 1. The van der Waals surface area contributed by atoms with Gasteiger partial charge in [-0.05, 0) is 24.3 Å². The van der Waals surface area contributed by atoms with Crippen molar-refractivity contribution in [2.24, 2.45) is 0 Å². The normalized spacial score (nSPS) is 10.2. The number of nitrogen functional groups attached to an aromatic ring is 1. The predicted octanol–water partition coefficient (Wildman–Crippen LogP) is 3.13. The fourth-order valence-electron chi connectivity index (χ4n) is 1.62. The van der Waals surface area contributed by atoms with Gasteiger partial charge < -0.3 is 11.1 Å². The number of anilines is 2. The summed E-state index contributed by atoms with van der Waals surface area (Å²) in [5.41, 5.74) is 5.10. The Bertz CT molecular complexity index is 716. The van der Waals surface area contributed by atoms with Gasteiger partial charge in [0.15, 0.2) is 0 Å². The van der Waals surface area contributed by atoms with Crippen molar-refractivity contribution in [1.29, 1.82) is 0 Å². The van der Waals surface area contributed by atoms with Crippen molar-refractivity contribution in [2.75, 3.05) is 11.1 Å². The van der Waals surface area contributed by atoms with E-state index in [0.717, 1.165) is 12.3 Å². The molecule has 0 aliphatic heterocycles. The van der Waals surface area contributed by atoms with E-state index in [-0.39, 0.29) is 11.4 Å². The van der Waals surface area contributed by atoms with Crippen molar-refractivity contribution in [3.8, 4) is 0 Å². The first-order valence-electron chi connectivity index (χ1n) is 5.54. The minimum atomic E-state index is -0.716. The number of hydrogen-bond donors (Lipinski definition) is 2. The van der Waals surface area contributed by atoms with Gasteiger partial charge in [0.05, 0.1) is 4.92 Å². The Balaban J connectivity index is 2.36. The summed E-state index contributed by atoms with van der Waals surface area (Å²) in [5.74, 6) is -0.719. The number of nitrogens with zero attached hydrogens (tertiary/aromatic N) is 2. The van der Waals surface area contributed by atoms with Crippen LogP contribution in [0.2, 0.25) is 10.0 Å². The Kier molecular flexibility index (Phi) is 4.25. The molecule has 0 aliphatic carbocycles. The SMILES string of the molecule is Nc1cc(C(=O)Nc2cc(Cl)cc(Cl)c2)c([N+](=O)[O-])cn1. The van der Waals surface area contributed by atoms with Gasteiger partial charge in [0.25, 0.3) is 11.6 Å². The van der Waals surface area contributed by atoms with Gasteiger partial charge in [-0.3, -0.25) is 14.9 Å². The maximum Gasteiger partial charge on any atom is 0.300 e. The summed E-state index contributed by atoms with van der Waals surface area (Å²) >= 11 is 11.6. The minimum Gasteiger partial charge on any atom is -0.384 e. The molecule has 3 N–H and O–H groups in total. The highest BCUT2D eigenvalue weighted by molar-refractivity contribution is 6.35. The lowest BCUT2D eigenvalue weighted by molar-refractivity contribution is -0.385. The maximum absolute atomic E-state index is 12.1. The molecule has 1 aromatic carbocycles. The molecule has 21 heavy (non-hydrogen) atoms. The molecule has 9 heteroatoms. The molecule has 108 valence electrons. The van der Waals surface area contributed by atoms with E-state index in [4.69, 9.17) is 28.9 Å². The third-order valence-corrected chi connectivity index (χ3v) is 2.90. The molecule has 0 saturated carbocycles. The molecular formula is C12H8Cl2N4O3. The van der Waals surface area contributed by atoms with Crippen LogP contribution in [-0.4, -0.2) is 15.8 Å². The number of pyridine rings is 1. The lowest BCUT2D eigenvalue weighted by atomic mass is 10.2. The first-order chi connectivity index (χ1) is 9.86. The molecule has 0 fully saturated rings. The van der Waals surface area contributed by atoms with Crippen LogP contribution in [0.3, 0.4) is 0 Å². The maximum atomic E-state index is 12.1. The summed E-state index contributed by atoms with van der Waals surface area (Å²) in [6.45, 7) is 0. The van der Waals surface area contributed by atoms with E-state index < -0.39 is 16.5 Å². The van der Waals surface area contributed by atoms with Crippen LogP contribution in [0.25, 0.3) is 0 Å². The average Bonchev–Trinajstić information content (AvgIpc) is 2.36. The third-order valence-electron chi connectivity index (χ3n) is 2.47. The van der Waals surface area contributed by atoms with E-state index in [0.29, 0.717) is 15.7 Å². The highest BCUT2D eigenvalue weighted by atomic mass is 35.5. The van der Waals surface area contributed by atoms with Gasteiger partial charge in [-0.2, -0.15) is 0 Å². The Morgan fingerprint density at radius 1 is 1.24 bits per heavy atom. The second-order valence-electron chi connectivity index (χ2n) is 4.00. The lowest BCUT2D eigenvalue weighted by Crippen LogP contribution is -2.15. The molecule has 0 radical (unpaired) electrons. The van der Waals surface area contributed by atoms with Gasteiger partial charge in [0, 0.05) is 15.7 Å². The highest BCUT2D eigenvalue weighted by Gasteiger charge is 2.21. The van der Waals surface area contributed by atoms with Crippen molar-refractivity contribution in [3.63, 3.8) is 0 Å². The smallest absolute Gasteiger partial charge is 0.300 e. The van der Waals surface area contributed by atoms with Crippen molar-refractivity contribution in [2.45, 2.75) is 0 Å². The van der Waals surface area contributed by atoms with Gasteiger partial charge in [0.1, 0.15) is 17.6 Å². The molecule has 0 unspecified atom stereocenters. The van der Waals surface area contributed by atoms with Crippen LogP contribution < -0.4 is 11.1 Å². The number of nitrogens with two attached hydrogens (primary N) is 1. The standard InChI is InChI=1S/C12H8Cl2N4O3/c13-6-1-7(14)3-8(2-6)17-12(19)9-4-11(15)16-5-10(9)18(20)21/h1-5H,(H2,15,16)(H,17,19). The lowest BCUT2D eigenvalue weighted by Gasteiger charge is -2.07. The molecule has 0 bridgehead atoms. The van der Waals surface area contributed by atoms with Crippen LogP contribution in [0.4, 0.5) is 17.2 Å². The van der Waals surface area contributed by atoms with Gasteiger partial charge in [-0.1, -0.05) is 23.2 Å². The molecule has 1 aromatic heterocycles. The van der Waals surface area contributed by atoms with E-state index in [1.807, 2.05) is 0 Å². The largest absolute Gasteiger partial charge is 0.384 e. The van der Waals surface area contributed by atoms with Crippen molar-refractivity contribution in [1.82, 2.24) is 4.98 Å². The summed E-state index contributed by atoms with van der Waals surface area (Å²) in [5, 5.41) is 14.0. The number of nitro groups is 1. The van der Waals surface area contributed by atoms with Crippen LogP contribution in [0, 0.1) is 10.1 Å². The van der Waals surface area contributed by atoms with E-state index in [1.165, 1.54) is 18.2 Å². The Morgan fingerprint density at radius 2 is 1.86 bits per heavy atom. The first-order valence-corrected chi connectivity index (χ1v) is 6.30. The summed E-state index contributed by atoms with van der Waals surface area (Å²) < 4.78 is 0. The van der Waals surface area contributed by atoms with Crippen LogP contribution in [0.15, 0.2) is 30.5 Å². The Morgan fingerprint density at radius 3 is 2.43 bits per heavy atom. The molecule has 2 aromatic rings. The number of aromatic nitrogens is 1. The molecule has 7 nitrogen and oxygen atoms in total. The summed E-state index contributed by atoms with van der Waals surface area (Å²) in [6, 6.07) is 5.54. The second-order valence-corrected chi connectivity index (χ2v) is 4.87. The predicted molar refractivity (Wildman–Crippen MR) is 79.7 cm³/mol. The van der Waals surface area contributed by atoms with Crippen molar-refractivity contribution >= 4 is 46.3 Å². The summed E-state index contributed by atoms with van der Waals surface area (Å²) in [7, 11) is 0. The average molecular weight is 327 g/mol. The van der Waals surface area contributed by atoms with E-state index >= 15 is 0 Å². The first kappa shape index (κ1) is 15.0. The molecule has 0 saturated heterocycles. The fourth-order valence-corrected chi connectivity index (χ4v) is 2.14. The van der Waals surface area contributed by atoms with Gasteiger partial charge >= 0.3 is 0 Å². The topological polar surface area (TPSA) is 111 Å². The zero-order chi connectivity index (χ0) is 15.6. The van der Waals surface area contributed by atoms with Crippen LogP contribution >= 0.6 is 23.2 Å². The quantitative estimate of drug-likeness (QED) is 0.664. The number of carbonyl (C=O) groups is 1. The van der Waals surface area contributed by atoms with E-state index in [1.54, 1.807) is 0 Å². The summed E-state index contributed by atoms with van der Waals surface area (Å²) in [6.07, 6.45) is 0.926. The van der Waals surface area contributed by atoms with Crippen molar-refractivity contribution < 1.29 is 9.72 Å². The van der Waals surface area contributed by atoms with Gasteiger partial charge in [0.2, 0.25) is 0 Å². The number of halogens is 2. The molecular weight excluding hydrogens is 319 g/mol. The second kappa shape index (κ2) is 5.94. The Labute approximate surface area is 128 Å². The number of rotatable bonds is 3. The minimum absolute atomic E-state index is 0.00474. The number of carbonyl (C=O) groups excluding carboxylic acids is 1. The number of amides is 1.